The van der Waals surface area contributed by atoms with Gasteiger partial charge >= 0.3 is 0 Å². The van der Waals surface area contributed by atoms with E-state index in [-0.39, 0.29) is 12.3 Å². The van der Waals surface area contributed by atoms with Crippen LogP contribution in [-0.2, 0) is 14.9 Å². The Morgan fingerprint density at radius 2 is 1.24 bits per heavy atom. The van der Waals surface area contributed by atoms with Gasteiger partial charge in [-0.25, -0.2) is 0 Å². The van der Waals surface area contributed by atoms with Crippen LogP contribution in [0.5, 0.6) is 0 Å². The zero-order chi connectivity index (χ0) is 28.3. The van der Waals surface area contributed by atoms with Crippen LogP contribution in [0.3, 0.4) is 0 Å². The van der Waals surface area contributed by atoms with E-state index >= 15 is 0 Å². The molecule has 0 bridgehead atoms. The third-order valence-corrected chi connectivity index (χ3v) is 7.01. The van der Waals surface area contributed by atoms with Crippen molar-refractivity contribution < 1.29 is 22.9 Å². The number of unbranched alkanes of at least 4 members (excludes halogenated alkanes) is 11. The van der Waals surface area contributed by atoms with Gasteiger partial charge < -0.3 is 10.4 Å². The number of hydrogen-bond donors (Lipinski definition) is 3. The van der Waals surface area contributed by atoms with E-state index in [2.05, 4.69) is 55.6 Å². The lowest BCUT2D eigenvalue weighted by molar-refractivity contribution is -0.122. The number of rotatable bonds is 25. The number of amides is 1. The Balaban J connectivity index is 4.13. The normalized spacial score (nSPS) is 14.3. The summed E-state index contributed by atoms with van der Waals surface area (Å²) in [4.78, 5) is 12.3. The molecule has 0 saturated heterocycles. The molecule has 2 atom stereocenters. The topological polar surface area (TPSA) is 104 Å². The van der Waals surface area contributed by atoms with Crippen molar-refractivity contribution >= 4 is 16.0 Å². The molecule has 0 fully saturated rings. The molecule has 220 valence electrons. The molecule has 6 nitrogen and oxygen atoms in total. The standard InChI is InChI=1S/C31H55NO5S/c1-3-5-7-9-11-13-14-15-16-17-18-19-21-23-25-27-31(34)32-29(28-38(35,36)37)30(33)26-24-22-20-12-10-8-6-4-2/h10-13,15-16,24,26,29-30,33H,3-9,14,17-23,25,27-28H2,1-2H3,(H,32,34)(H,35,36,37)/b12-10+,13-11-,16-15-,26-24+. The minimum atomic E-state index is -4.34. The monoisotopic (exact) mass is 553 g/mol. The van der Waals surface area contributed by atoms with Crippen molar-refractivity contribution in [2.45, 2.75) is 135 Å². The number of aliphatic hydroxyl groups is 1. The highest BCUT2D eigenvalue weighted by Gasteiger charge is 2.24. The summed E-state index contributed by atoms with van der Waals surface area (Å²) >= 11 is 0. The molecule has 0 aliphatic carbocycles. The molecule has 0 spiro atoms. The number of carbonyl (C=O) groups is 1. The highest BCUT2D eigenvalue weighted by molar-refractivity contribution is 7.85. The average Bonchev–Trinajstić information content (AvgIpc) is 2.86. The van der Waals surface area contributed by atoms with Crippen molar-refractivity contribution in [3.8, 4) is 0 Å². The summed E-state index contributed by atoms with van der Waals surface area (Å²) in [5.41, 5.74) is 0. The molecule has 0 saturated carbocycles. The summed E-state index contributed by atoms with van der Waals surface area (Å²) in [5.74, 6) is -1.03. The average molecular weight is 554 g/mol. The van der Waals surface area contributed by atoms with Gasteiger partial charge in [-0.2, -0.15) is 8.42 Å². The molecule has 0 rings (SSSR count). The van der Waals surface area contributed by atoms with Crippen molar-refractivity contribution in [1.29, 1.82) is 0 Å². The maximum Gasteiger partial charge on any atom is 0.267 e. The molecule has 0 radical (unpaired) electrons. The van der Waals surface area contributed by atoms with Crippen LogP contribution in [0.1, 0.15) is 123 Å². The third-order valence-electron chi connectivity index (χ3n) is 6.23. The van der Waals surface area contributed by atoms with Crippen molar-refractivity contribution in [3.63, 3.8) is 0 Å². The van der Waals surface area contributed by atoms with E-state index < -0.39 is 28.0 Å². The second-order valence-corrected chi connectivity index (χ2v) is 11.5. The summed E-state index contributed by atoms with van der Waals surface area (Å²) in [5, 5.41) is 13.0. The van der Waals surface area contributed by atoms with E-state index in [9.17, 15) is 22.9 Å². The number of carbonyl (C=O) groups excluding carboxylic acids is 1. The molecular weight excluding hydrogens is 498 g/mol. The molecule has 38 heavy (non-hydrogen) atoms. The second-order valence-electron chi connectivity index (χ2n) is 10.0. The minimum Gasteiger partial charge on any atom is -0.387 e. The first-order valence-corrected chi connectivity index (χ1v) is 16.4. The highest BCUT2D eigenvalue weighted by atomic mass is 32.2. The van der Waals surface area contributed by atoms with Gasteiger partial charge in [0.05, 0.1) is 17.9 Å². The van der Waals surface area contributed by atoms with Crippen LogP contribution in [0.2, 0.25) is 0 Å². The van der Waals surface area contributed by atoms with Gasteiger partial charge in [0.15, 0.2) is 0 Å². The summed E-state index contributed by atoms with van der Waals surface area (Å²) < 4.78 is 32.0. The Morgan fingerprint density at radius 3 is 1.89 bits per heavy atom. The summed E-state index contributed by atoms with van der Waals surface area (Å²) in [6.45, 7) is 4.37. The molecule has 0 aliphatic heterocycles. The zero-order valence-corrected chi connectivity index (χ0v) is 24.8. The lowest BCUT2D eigenvalue weighted by atomic mass is 10.1. The van der Waals surface area contributed by atoms with Crippen molar-refractivity contribution in [2.24, 2.45) is 0 Å². The smallest absolute Gasteiger partial charge is 0.267 e. The Labute approximate surface area is 233 Å². The van der Waals surface area contributed by atoms with Crippen LogP contribution in [0.15, 0.2) is 48.6 Å². The second kappa shape index (κ2) is 25.6. The van der Waals surface area contributed by atoms with Crippen LogP contribution >= 0.6 is 0 Å². The highest BCUT2D eigenvalue weighted by Crippen LogP contribution is 2.09. The number of nitrogens with one attached hydrogen (secondary N) is 1. The largest absolute Gasteiger partial charge is 0.387 e. The predicted octanol–water partition coefficient (Wildman–Crippen LogP) is 7.62. The van der Waals surface area contributed by atoms with Crippen LogP contribution in [0.4, 0.5) is 0 Å². The Kier molecular flexibility index (Phi) is 24.4. The van der Waals surface area contributed by atoms with Gasteiger partial charge in [0.1, 0.15) is 0 Å². The molecule has 2 unspecified atom stereocenters. The van der Waals surface area contributed by atoms with Gasteiger partial charge in [-0.1, -0.05) is 107 Å². The molecular formula is C31H55NO5S. The maximum absolute atomic E-state index is 12.3. The third kappa shape index (κ3) is 25.9. The van der Waals surface area contributed by atoms with E-state index in [4.69, 9.17) is 0 Å². The quantitative estimate of drug-likeness (QED) is 0.0613. The molecule has 0 aliphatic rings. The van der Waals surface area contributed by atoms with E-state index in [0.29, 0.717) is 12.8 Å². The Hall–Kier alpha value is -1.70. The Bertz CT molecular complexity index is 786. The lowest BCUT2D eigenvalue weighted by Gasteiger charge is -2.21. The van der Waals surface area contributed by atoms with Crippen LogP contribution in [0, 0.1) is 0 Å². The number of allylic oxidation sites excluding steroid dienone is 7. The van der Waals surface area contributed by atoms with E-state index in [1.807, 2.05) is 0 Å². The predicted molar refractivity (Wildman–Crippen MR) is 161 cm³/mol. The van der Waals surface area contributed by atoms with Gasteiger partial charge in [0.2, 0.25) is 5.91 Å². The molecule has 0 heterocycles. The molecule has 0 aromatic heterocycles. The first kappa shape index (κ1) is 36.3. The maximum atomic E-state index is 12.3. The number of hydrogen-bond acceptors (Lipinski definition) is 4. The summed E-state index contributed by atoms with van der Waals surface area (Å²) in [6.07, 6.45) is 32.5. The van der Waals surface area contributed by atoms with Crippen LogP contribution in [0.25, 0.3) is 0 Å². The molecule has 0 aromatic rings. The molecule has 0 aromatic carbocycles. The SMILES string of the molecule is CCCC/C=C/CC/C=C/C(O)C(CS(=O)(=O)O)NC(=O)CCCCCCC/C=C\C/C=C\CCCCC. The summed E-state index contributed by atoms with van der Waals surface area (Å²) in [7, 11) is -4.34. The lowest BCUT2D eigenvalue weighted by Crippen LogP contribution is -2.46. The van der Waals surface area contributed by atoms with E-state index in [1.54, 1.807) is 6.08 Å². The van der Waals surface area contributed by atoms with E-state index in [0.717, 1.165) is 64.2 Å². The van der Waals surface area contributed by atoms with Crippen molar-refractivity contribution in [3.05, 3.63) is 48.6 Å². The molecule has 1 amide bonds. The van der Waals surface area contributed by atoms with Crippen molar-refractivity contribution in [1.82, 2.24) is 5.32 Å². The van der Waals surface area contributed by atoms with Gasteiger partial charge in [0, 0.05) is 6.42 Å². The minimum absolute atomic E-state index is 0.269. The fourth-order valence-electron chi connectivity index (χ4n) is 3.95. The first-order valence-electron chi connectivity index (χ1n) is 14.8. The Morgan fingerprint density at radius 1 is 0.711 bits per heavy atom. The van der Waals surface area contributed by atoms with Gasteiger partial charge in [-0.05, 0) is 57.8 Å². The van der Waals surface area contributed by atoms with Gasteiger partial charge in [-0.3, -0.25) is 9.35 Å². The fraction of sp³-hybridized carbons (Fsp3) is 0.710. The first-order chi connectivity index (χ1) is 18.3. The molecule has 3 N–H and O–H groups in total. The summed E-state index contributed by atoms with van der Waals surface area (Å²) in [6, 6.07) is -1.08. The van der Waals surface area contributed by atoms with Crippen molar-refractivity contribution in [2.75, 3.05) is 5.75 Å². The van der Waals surface area contributed by atoms with Crippen LogP contribution < -0.4 is 5.32 Å². The van der Waals surface area contributed by atoms with Gasteiger partial charge in [-0.15, -0.1) is 0 Å². The zero-order valence-electron chi connectivity index (χ0n) is 24.0. The number of aliphatic hydroxyl groups excluding tert-OH is 1. The van der Waals surface area contributed by atoms with Gasteiger partial charge in [0.25, 0.3) is 10.1 Å². The molecule has 7 heteroatoms. The van der Waals surface area contributed by atoms with Crippen LogP contribution in [-0.4, -0.2) is 41.9 Å². The fourth-order valence-corrected chi connectivity index (χ4v) is 4.68. The van der Waals surface area contributed by atoms with E-state index in [1.165, 1.54) is 31.8 Å².